The number of para-hydroxylation sites is 1. The molecule has 1 aromatic carbocycles. The van der Waals surface area contributed by atoms with Gasteiger partial charge < -0.3 is 15.0 Å². The fourth-order valence-electron chi connectivity index (χ4n) is 2.45. The maximum atomic E-state index is 12.1. The van der Waals surface area contributed by atoms with Crippen LogP contribution < -0.4 is 15.6 Å². The zero-order valence-electron chi connectivity index (χ0n) is 11.8. The molecule has 0 spiro atoms. The van der Waals surface area contributed by atoms with E-state index in [1.165, 1.54) is 12.3 Å². The number of aromatic nitrogens is 1. The summed E-state index contributed by atoms with van der Waals surface area (Å²) in [5.74, 6) is 0.867. The van der Waals surface area contributed by atoms with E-state index in [0.29, 0.717) is 18.7 Å². The number of amides is 1. The molecule has 114 valence electrons. The summed E-state index contributed by atoms with van der Waals surface area (Å²) in [6.07, 6.45) is 2.22. The lowest BCUT2D eigenvalue weighted by atomic mass is 9.97. The fourth-order valence-corrected chi connectivity index (χ4v) is 2.62. The van der Waals surface area contributed by atoms with E-state index in [1.54, 1.807) is 0 Å². The third-order valence-electron chi connectivity index (χ3n) is 3.63. The molecule has 2 heterocycles. The molecule has 5 nitrogen and oxygen atoms in total. The van der Waals surface area contributed by atoms with Crippen molar-refractivity contribution in [2.24, 2.45) is 5.92 Å². The number of aromatic amines is 1. The number of nitrogens with one attached hydrogen (secondary N) is 2. The molecule has 2 aromatic rings. The standard InChI is InChI=1S/C16H15ClN2O3/c17-13-6-12(8-19-16(13)21)15(20)18-7-10-5-11-3-1-2-4-14(11)22-9-10/h1-4,6,8,10H,5,7,9H2,(H,18,20)(H,19,21). The average molecular weight is 319 g/mol. The van der Waals surface area contributed by atoms with Gasteiger partial charge in [-0.05, 0) is 24.1 Å². The highest BCUT2D eigenvalue weighted by atomic mass is 35.5. The lowest BCUT2D eigenvalue weighted by molar-refractivity contribution is 0.0938. The van der Waals surface area contributed by atoms with Gasteiger partial charge in [-0.15, -0.1) is 0 Å². The predicted octanol–water partition coefficient (Wildman–Crippen LogP) is 2.01. The number of hydrogen-bond donors (Lipinski definition) is 2. The first-order chi connectivity index (χ1) is 10.6. The van der Waals surface area contributed by atoms with Crippen LogP contribution in [0, 0.1) is 5.92 Å². The monoisotopic (exact) mass is 318 g/mol. The number of benzene rings is 1. The quantitative estimate of drug-likeness (QED) is 0.909. The summed E-state index contributed by atoms with van der Waals surface area (Å²) in [6.45, 7) is 1.08. The second-order valence-corrected chi connectivity index (χ2v) is 5.67. The lowest BCUT2D eigenvalue weighted by Gasteiger charge is -2.25. The van der Waals surface area contributed by atoms with Crippen molar-refractivity contribution >= 4 is 17.5 Å². The van der Waals surface area contributed by atoms with Crippen LogP contribution in [0.5, 0.6) is 5.75 Å². The number of hydrogen-bond acceptors (Lipinski definition) is 3. The van der Waals surface area contributed by atoms with Gasteiger partial charge in [0.05, 0.1) is 12.2 Å². The molecule has 1 unspecified atom stereocenters. The van der Waals surface area contributed by atoms with Gasteiger partial charge in [-0.25, -0.2) is 0 Å². The Kier molecular flexibility index (Phi) is 4.15. The predicted molar refractivity (Wildman–Crippen MR) is 83.5 cm³/mol. The first-order valence-corrected chi connectivity index (χ1v) is 7.38. The van der Waals surface area contributed by atoms with E-state index in [0.717, 1.165) is 17.7 Å². The van der Waals surface area contributed by atoms with Gasteiger partial charge in [0.2, 0.25) is 0 Å². The number of carbonyl (C=O) groups excluding carboxylic acids is 1. The number of pyridine rings is 1. The third kappa shape index (κ3) is 3.14. The number of rotatable bonds is 3. The Hall–Kier alpha value is -2.27. The molecular weight excluding hydrogens is 304 g/mol. The van der Waals surface area contributed by atoms with Crippen LogP contribution in [0.25, 0.3) is 0 Å². The summed E-state index contributed by atoms with van der Waals surface area (Å²) >= 11 is 5.72. The van der Waals surface area contributed by atoms with Gasteiger partial charge in [0, 0.05) is 18.7 Å². The van der Waals surface area contributed by atoms with E-state index in [1.807, 2.05) is 24.3 Å². The lowest BCUT2D eigenvalue weighted by Crippen LogP contribution is -2.35. The van der Waals surface area contributed by atoms with Crippen LogP contribution in [0.4, 0.5) is 0 Å². The Balaban J connectivity index is 1.60. The molecule has 0 saturated heterocycles. The summed E-state index contributed by atoms with van der Waals surface area (Å²) in [5, 5.41) is 2.85. The van der Waals surface area contributed by atoms with E-state index in [-0.39, 0.29) is 16.8 Å². The van der Waals surface area contributed by atoms with Gasteiger partial charge in [-0.2, -0.15) is 0 Å². The number of H-pyrrole nitrogens is 1. The van der Waals surface area contributed by atoms with Crippen molar-refractivity contribution in [3.63, 3.8) is 0 Å². The second kappa shape index (κ2) is 6.23. The molecule has 6 heteroatoms. The molecule has 22 heavy (non-hydrogen) atoms. The average Bonchev–Trinajstić information content (AvgIpc) is 2.55. The van der Waals surface area contributed by atoms with E-state index >= 15 is 0 Å². The molecule has 0 aliphatic carbocycles. The van der Waals surface area contributed by atoms with Crippen LogP contribution in [-0.4, -0.2) is 24.0 Å². The summed E-state index contributed by atoms with van der Waals surface area (Å²) in [5.41, 5.74) is 1.08. The van der Waals surface area contributed by atoms with Gasteiger partial charge in [-0.3, -0.25) is 9.59 Å². The van der Waals surface area contributed by atoms with E-state index in [2.05, 4.69) is 10.3 Å². The molecule has 0 saturated carbocycles. The topological polar surface area (TPSA) is 71.2 Å². The SMILES string of the molecule is O=C(NCC1COc2ccccc2C1)c1c[nH]c(=O)c(Cl)c1. The van der Waals surface area contributed by atoms with Crippen molar-refractivity contribution in [1.82, 2.24) is 10.3 Å². The smallest absolute Gasteiger partial charge is 0.266 e. The Morgan fingerprint density at radius 1 is 1.41 bits per heavy atom. The zero-order valence-corrected chi connectivity index (χ0v) is 12.5. The van der Waals surface area contributed by atoms with Gasteiger partial charge in [0.15, 0.2) is 0 Å². The first-order valence-electron chi connectivity index (χ1n) is 7.00. The van der Waals surface area contributed by atoms with Crippen molar-refractivity contribution in [3.05, 3.63) is 63.0 Å². The van der Waals surface area contributed by atoms with Crippen LogP contribution in [0.2, 0.25) is 5.02 Å². The summed E-state index contributed by atoms with van der Waals surface area (Å²) < 4.78 is 5.69. The molecular formula is C16H15ClN2O3. The highest BCUT2D eigenvalue weighted by molar-refractivity contribution is 6.30. The molecule has 2 N–H and O–H groups in total. The number of fused-ring (bicyclic) bond motifs is 1. The van der Waals surface area contributed by atoms with Gasteiger partial charge >= 0.3 is 0 Å². The zero-order chi connectivity index (χ0) is 15.5. The largest absolute Gasteiger partial charge is 0.493 e. The molecule has 0 fully saturated rings. The molecule has 1 aliphatic heterocycles. The summed E-state index contributed by atoms with van der Waals surface area (Å²) in [7, 11) is 0. The number of carbonyl (C=O) groups is 1. The van der Waals surface area contributed by atoms with Gasteiger partial charge in [0.1, 0.15) is 10.8 Å². The molecule has 1 amide bonds. The molecule has 3 rings (SSSR count). The Morgan fingerprint density at radius 2 is 2.23 bits per heavy atom. The highest BCUT2D eigenvalue weighted by Gasteiger charge is 2.20. The van der Waals surface area contributed by atoms with Gasteiger partial charge in [-0.1, -0.05) is 29.8 Å². The van der Waals surface area contributed by atoms with E-state index < -0.39 is 5.56 Å². The van der Waals surface area contributed by atoms with Gasteiger partial charge in [0.25, 0.3) is 11.5 Å². The minimum absolute atomic E-state index is 0.00239. The Bertz CT molecular complexity index is 757. The van der Waals surface area contributed by atoms with E-state index in [4.69, 9.17) is 16.3 Å². The van der Waals surface area contributed by atoms with Crippen molar-refractivity contribution in [2.45, 2.75) is 6.42 Å². The van der Waals surface area contributed by atoms with Crippen molar-refractivity contribution in [3.8, 4) is 5.75 Å². The van der Waals surface area contributed by atoms with Crippen LogP contribution in [-0.2, 0) is 6.42 Å². The summed E-state index contributed by atoms with van der Waals surface area (Å²) in [4.78, 5) is 25.7. The van der Waals surface area contributed by atoms with Crippen molar-refractivity contribution < 1.29 is 9.53 Å². The highest BCUT2D eigenvalue weighted by Crippen LogP contribution is 2.26. The van der Waals surface area contributed by atoms with Crippen LogP contribution in [0.3, 0.4) is 0 Å². The maximum Gasteiger partial charge on any atom is 0.266 e. The van der Waals surface area contributed by atoms with Crippen LogP contribution in [0.15, 0.2) is 41.3 Å². The summed E-state index contributed by atoms with van der Waals surface area (Å²) in [6, 6.07) is 9.27. The Labute approximate surface area is 132 Å². The first kappa shape index (κ1) is 14.7. The third-order valence-corrected chi connectivity index (χ3v) is 3.91. The number of halogens is 1. The fraction of sp³-hybridized carbons (Fsp3) is 0.250. The normalized spacial score (nSPS) is 16.5. The second-order valence-electron chi connectivity index (χ2n) is 5.26. The Morgan fingerprint density at radius 3 is 3.05 bits per heavy atom. The van der Waals surface area contributed by atoms with Crippen LogP contribution >= 0.6 is 11.6 Å². The molecule has 1 aromatic heterocycles. The minimum atomic E-state index is -0.407. The molecule has 0 radical (unpaired) electrons. The molecule has 1 aliphatic rings. The van der Waals surface area contributed by atoms with Crippen molar-refractivity contribution in [2.75, 3.05) is 13.2 Å². The maximum absolute atomic E-state index is 12.1. The van der Waals surface area contributed by atoms with Crippen molar-refractivity contribution in [1.29, 1.82) is 0 Å². The number of ether oxygens (including phenoxy) is 1. The minimum Gasteiger partial charge on any atom is -0.493 e. The van der Waals surface area contributed by atoms with Crippen LogP contribution in [0.1, 0.15) is 15.9 Å². The molecule has 1 atom stereocenters. The molecule has 0 bridgehead atoms. The van der Waals surface area contributed by atoms with E-state index in [9.17, 15) is 9.59 Å².